The van der Waals surface area contributed by atoms with Crippen molar-refractivity contribution in [3.05, 3.63) is 23.4 Å². The molecule has 1 amide bonds. The zero-order valence-electron chi connectivity index (χ0n) is 10.2. The van der Waals surface area contributed by atoms with Crippen LogP contribution in [0.1, 0.15) is 25.1 Å². The zero-order chi connectivity index (χ0) is 12.8. The van der Waals surface area contributed by atoms with Gasteiger partial charge >= 0.3 is 0 Å². The Morgan fingerprint density at radius 2 is 2.24 bits per heavy atom. The molecule has 1 aromatic heterocycles. The van der Waals surface area contributed by atoms with Crippen molar-refractivity contribution in [2.75, 3.05) is 11.9 Å². The lowest BCUT2D eigenvalue weighted by Crippen LogP contribution is -2.35. The summed E-state index contributed by atoms with van der Waals surface area (Å²) in [6, 6.07) is 5.48. The van der Waals surface area contributed by atoms with Crippen LogP contribution in [0.2, 0.25) is 0 Å². The highest BCUT2D eigenvalue weighted by molar-refractivity contribution is 5.80. The number of nitriles is 1. The van der Waals surface area contributed by atoms with E-state index < -0.39 is 0 Å². The second-order valence-corrected chi connectivity index (χ2v) is 4.07. The van der Waals surface area contributed by atoms with Crippen molar-refractivity contribution in [1.82, 2.24) is 10.3 Å². The van der Waals surface area contributed by atoms with Gasteiger partial charge < -0.3 is 10.6 Å². The van der Waals surface area contributed by atoms with E-state index in [0.717, 1.165) is 5.69 Å². The summed E-state index contributed by atoms with van der Waals surface area (Å²) in [5.74, 6) is 0.447. The SMILES string of the molecule is Cc1cc(C#N)cc(NCC(=O)NC(C)C)n1. The van der Waals surface area contributed by atoms with Gasteiger partial charge in [0.05, 0.1) is 18.2 Å². The average molecular weight is 232 g/mol. The molecule has 0 aliphatic rings. The van der Waals surface area contributed by atoms with Gasteiger partial charge in [0.15, 0.2) is 0 Å². The van der Waals surface area contributed by atoms with Crippen LogP contribution >= 0.6 is 0 Å². The molecule has 0 fully saturated rings. The Balaban J connectivity index is 2.61. The first-order valence-electron chi connectivity index (χ1n) is 5.43. The van der Waals surface area contributed by atoms with Crippen molar-refractivity contribution in [1.29, 1.82) is 5.26 Å². The largest absolute Gasteiger partial charge is 0.361 e. The number of hydrogen-bond acceptors (Lipinski definition) is 4. The number of nitrogens with one attached hydrogen (secondary N) is 2. The molecular formula is C12H16N4O. The normalized spacial score (nSPS) is 9.82. The maximum atomic E-state index is 11.4. The number of anilines is 1. The maximum Gasteiger partial charge on any atom is 0.239 e. The van der Waals surface area contributed by atoms with E-state index in [2.05, 4.69) is 15.6 Å². The number of aryl methyl sites for hydroxylation is 1. The van der Waals surface area contributed by atoms with Crippen LogP contribution in [0.15, 0.2) is 12.1 Å². The summed E-state index contributed by atoms with van der Waals surface area (Å²) in [6.07, 6.45) is 0. The lowest BCUT2D eigenvalue weighted by molar-refractivity contribution is -0.119. The Hall–Kier alpha value is -2.09. The molecule has 5 heteroatoms. The molecular weight excluding hydrogens is 216 g/mol. The quantitative estimate of drug-likeness (QED) is 0.817. The minimum Gasteiger partial charge on any atom is -0.361 e. The first-order chi connectivity index (χ1) is 8.01. The van der Waals surface area contributed by atoms with Crippen LogP contribution < -0.4 is 10.6 Å². The van der Waals surface area contributed by atoms with Crippen molar-refractivity contribution < 1.29 is 4.79 Å². The van der Waals surface area contributed by atoms with Gasteiger partial charge in [-0.05, 0) is 32.9 Å². The summed E-state index contributed by atoms with van der Waals surface area (Å²) in [5, 5.41) is 14.5. The van der Waals surface area contributed by atoms with Crippen molar-refractivity contribution in [3.63, 3.8) is 0 Å². The van der Waals surface area contributed by atoms with E-state index in [-0.39, 0.29) is 18.5 Å². The third-order valence-corrected chi connectivity index (χ3v) is 1.96. The zero-order valence-corrected chi connectivity index (χ0v) is 10.2. The minimum absolute atomic E-state index is 0.0955. The highest BCUT2D eigenvalue weighted by atomic mass is 16.1. The number of nitrogens with zero attached hydrogens (tertiary/aromatic N) is 2. The molecule has 0 saturated heterocycles. The molecule has 0 radical (unpaired) electrons. The highest BCUT2D eigenvalue weighted by Crippen LogP contribution is 2.08. The second kappa shape index (κ2) is 5.85. The van der Waals surface area contributed by atoms with Crippen LogP contribution in [-0.4, -0.2) is 23.5 Å². The second-order valence-electron chi connectivity index (χ2n) is 4.07. The number of carbonyl (C=O) groups is 1. The third-order valence-electron chi connectivity index (χ3n) is 1.96. The van der Waals surface area contributed by atoms with E-state index in [4.69, 9.17) is 5.26 Å². The van der Waals surface area contributed by atoms with Crippen LogP contribution in [0.5, 0.6) is 0 Å². The predicted octanol–water partition coefficient (Wildman–Crippen LogP) is 1.20. The number of rotatable bonds is 4. The Morgan fingerprint density at radius 1 is 1.53 bits per heavy atom. The van der Waals surface area contributed by atoms with Crippen LogP contribution in [0.25, 0.3) is 0 Å². The predicted molar refractivity (Wildman–Crippen MR) is 65.5 cm³/mol. The Labute approximate surface area is 101 Å². The molecule has 1 heterocycles. The fraction of sp³-hybridized carbons (Fsp3) is 0.417. The van der Waals surface area contributed by atoms with Gasteiger partial charge in [0.1, 0.15) is 5.82 Å². The molecule has 17 heavy (non-hydrogen) atoms. The topological polar surface area (TPSA) is 77.8 Å². The summed E-state index contributed by atoms with van der Waals surface area (Å²) < 4.78 is 0. The fourth-order valence-corrected chi connectivity index (χ4v) is 1.37. The smallest absolute Gasteiger partial charge is 0.239 e. The third kappa shape index (κ3) is 4.51. The first kappa shape index (κ1) is 13.0. The molecule has 2 N–H and O–H groups in total. The molecule has 5 nitrogen and oxygen atoms in total. The van der Waals surface area contributed by atoms with E-state index in [1.54, 1.807) is 19.1 Å². The van der Waals surface area contributed by atoms with E-state index >= 15 is 0 Å². The van der Waals surface area contributed by atoms with Crippen LogP contribution in [0.4, 0.5) is 5.82 Å². The Morgan fingerprint density at radius 3 is 2.82 bits per heavy atom. The lowest BCUT2D eigenvalue weighted by Gasteiger charge is -2.10. The van der Waals surface area contributed by atoms with Gasteiger partial charge in [0.25, 0.3) is 0 Å². The fourth-order valence-electron chi connectivity index (χ4n) is 1.37. The minimum atomic E-state index is -0.0955. The number of carbonyl (C=O) groups excluding carboxylic acids is 1. The van der Waals surface area contributed by atoms with Crippen LogP contribution in [0.3, 0.4) is 0 Å². The summed E-state index contributed by atoms with van der Waals surface area (Å²) in [6.45, 7) is 5.76. The molecule has 90 valence electrons. The molecule has 1 rings (SSSR count). The average Bonchev–Trinajstić information content (AvgIpc) is 2.24. The monoisotopic (exact) mass is 232 g/mol. The van der Waals surface area contributed by atoms with E-state index in [9.17, 15) is 4.79 Å². The molecule has 0 spiro atoms. The van der Waals surface area contributed by atoms with Crippen LogP contribution in [-0.2, 0) is 4.79 Å². The maximum absolute atomic E-state index is 11.4. The van der Waals surface area contributed by atoms with Gasteiger partial charge in [0.2, 0.25) is 5.91 Å². The Bertz CT molecular complexity index is 448. The molecule has 0 saturated carbocycles. The van der Waals surface area contributed by atoms with Gasteiger partial charge in [-0.3, -0.25) is 4.79 Å². The molecule has 0 aromatic carbocycles. The van der Waals surface area contributed by atoms with Crippen molar-refractivity contribution in [2.45, 2.75) is 26.8 Å². The Kier molecular flexibility index (Phi) is 4.46. The summed E-state index contributed by atoms with van der Waals surface area (Å²) in [5.41, 5.74) is 1.28. The van der Waals surface area contributed by atoms with Crippen LogP contribution in [0, 0.1) is 18.3 Å². The van der Waals surface area contributed by atoms with Gasteiger partial charge in [-0.1, -0.05) is 0 Å². The van der Waals surface area contributed by atoms with Gasteiger partial charge in [-0.15, -0.1) is 0 Å². The molecule has 1 aromatic rings. The molecule has 0 unspecified atom stereocenters. The van der Waals surface area contributed by atoms with E-state index in [1.807, 2.05) is 19.9 Å². The summed E-state index contributed by atoms with van der Waals surface area (Å²) >= 11 is 0. The van der Waals surface area contributed by atoms with Gasteiger partial charge in [0, 0.05) is 11.7 Å². The van der Waals surface area contributed by atoms with Gasteiger partial charge in [-0.2, -0.15) is 5.26 Å². The molecule has 0 bridgehead atoms. The number of pyridine rings is 1. The standard InChI is InChI=1S/C12H16N4O/c1-8(2)15-12(17)7-14-11-5-10(6-13)4-9(3)16-11/h4-5,8H,7H2,1-3H3,(H,14,16)(H,15,17). The van der Waals surface area contributed by atoms with Crippen molar-refractivity contribution >= 4 is 11.7 Å². The van der Waals surface area contributed by atoms with Crippen molar-refractivity contribution in [2.24, 2.45) is 0 Å². The van der Waals surface area contributed by atoms with Crippen molar-refractivity contribution in [3.8, 4) is 6.07 Å². The van der Waals surface area contributed by atoms with Gasteiger partial charge in [-0.25, -0.2) is 4.98 Å². The summed E-state index contributed by atoms with van der Waals surface area (Å²) in [7, 11) is 0. The number of amides is 1. The molecule has 0 atom stereocenters. The van der Waals surface area contributed by atoms with E-state index in [0.29, 0.717) is 11.4 Å². The highest BCUT2D eigenvalue weighted by Gasteiger charge is 2.04. The first-order valence-corrected chi connectivity index (χ1v) is 5.43. The number of aromatic nitrogens is 1. The molecule has 0 aliphatic carbocycles. The lowest BCUT2D eigenvalue weighted by atomic mass is 10.2. The summed E-state index contributed by atoms with van der Waals surface area (Å²) in [4.78, 5) is 15.6. The number of hydrogen-bond donors (Lipinski definition) is 2. The van der Waals surface area contributed by atoms with E-state index in [1.165, 1.54) is 0 Å². The molecule has 0 aliphatic heterocycles.